The molecule has 0 aliphatic carbocycles. The lowest BCUT2D eigenvalue weighted by atomic mass is 10.1. The van der Waals surface area contributed by atoms with E-state index in [1.165, 1.54) is 21.3 Å². The Morgan fingerprint density at radius 2 is 1.70 bits per heavy atom. The van der Waals surface area contributed by atoms with E-state index in [2.05, 4.69) is 5.32 Å². The van der Waals surface area contributed by atoms with E-state index in [1.807, 2.05) is 6.07 Å². The highest BCUT2D eigenvalue weighted by Gasteiger charge is 2.50. The highest BCUT2D eigenvalue weighted by atomic mass is 32.2. The molecule has 0 spiro atoms. The van der Waals surface area contributed by atoms with Gasteiger partial charge in [0.15, 0.2) is 23.0 Å². The summed E-state index contributed by atoms with van der Waals surface area (Å²) in [6.07, 6.45) is 0. The number of carbonyl (C=O) groups is 2. The van der Waals surface area contributed by atoms with Gasteiger partial charge in [0.2, 0.25) is 5.91 Å². The number of benzene rings is 2. The van der Waals surface area contributed by atoms with Crippen LogP contribution < -0.4 is 24.3 Å². The zero-order valence-corrected chi connectivity index (χ0v) is 17.9. The number of anilines is 1. The number of amides is 2. The first-order valence-corrected chi connectivity index (χ1v) is 10.3. The van der Waals surface area contributed by atoms with Gasteiger partial charge in [-0.25, -0.2) is 0 Å². The van der Waals surface area contributed by atoms with E-state index < -0.39 is 6.04 Å². The number of thioether (sulfide) groups is 1. The molecule has 1 fully saturated rings. The van der Waals surface area contributed by atoms with Crippen LogP contribution in [0.3, 0.4) is 0 Å². The smallest absolute Gasteiger partial charge is 0.260 e. The van der Waals surface area contributed by atoms with Gasteiger partial charge in [-0.05, 0) is 18.2 Å². The van der Waals surface area contributed by atoms with Gasteiger partial charge in [0.05, 0.1) is 34.0 Å². The Bertz CT molecular complexity index is 1010. The summed E-state index contributed by atoms with van der Waals surface area (Å²) in [6, 6.07) is 8.17. The number of methoxy groups -OCH3 is 4. The van der Waals surface area contributed by atoms with Crippen molar-refractivity contribution >= 4 is 29.3 Å². The summed E-state index contributed by atoms with van der Waals surface area (Å²) in [5.74, 6) is 1.97. The summed E-state index contributed by atoms with van der Waals surface area (Å²) in [4.78, 5) is 27.9. The van der Waals surface area contributed by atoms with Gasteiger partial charge in [-0.2, -0.15) is 0 Å². The highest BCUT2D eigenvalue weighted by Crippen LogP contribution is 2.52. The molecule has 158 valence electrons. The monoisotopic (exact) mass is 430 g/mol. The van der Waals surface area contributed by atoms with Crippen LogP contribution in [0.15, 0.2) is 30.3 Å². The van der Waals surface area contributed by atoms with Gasteiger partial charge in [0.1, 0.15) is 11.4 Å². The summed E-state index contributed by atoms with van der Waals surface area (Å²) in [5, 5.41) is 2.66. The average molecular weight is 430 g/mol. The zero-order chi connectivity index (χ0) is 21.4. The van der Waals surface area contributed by atoms with E-state index in [4.69, 9.17) is 18.9 Å². The molecule has 0 bridgehead atoms. The molecule has 0 aromatic heterocycles. The summed E-state index contributed by atoms with van der Waals surface area (Å²) in [5.41, 5.74) is 1.86. The van der Waals surface area contributed by atoms with Gasteiger partial charge in [-0.15, -0.1) is 11.8 Å². The van der Waals surface area contributed by atoms with Gasteiger partial charge in [-0.1, -0.05) is 6.07 Å². The Balaban J connectivity index is 1.59. The van der Waals surface area contributed by atoms with Crippen LogP contribution in [0.1, 0.15) is 21.3 Å². The number of hydrogen-bond donors (Lipinski definition) is 1. The molecule has 8 nitrogen and oxygen atoms in total. The Hall–Kier alpha value is -3.07. The lowest BCUT2D eigenvalue weighted by molar-refractivity contribution is -0.119. The molecule has 0 unspecified atom stereocenters. The molecule has 2 atom stereocenters. The predicted octanol–water partition coefficient (Wildman–Crippen LogP) is 2.93. The van der Waals surface area contributed by atoms with Gasteiger partial charge in [0, 0.05) is 23.1 Å². The Morgan fingerprint density at radius 1 is 1.00 bits per heavy atom. The third kappa shape index (κ3) is 3.09. The van der Waals surface area contributed by atoms with Crippen LogP contribution in [0.2, 0.25) is 0 Å². The zero-order valence-electron chi connectivity index (χ0n) is 17.1. The molecule has 2 aromatic rings. The second kappa shape index (κ2) is 7.98. The molecular weight excluding hydrogens is 408 g/mol. The maximum Gasteiger partial charge on any atom is 0.260 e. The molecule has 2 heterocycles. The van der Waals surface area contributed by atoms with E-state index in [9.17, 15) is 9.59 Å². The minimum Gasteiger partial charge on any atom is -0.493 e. The molecular formula is C21H22N2O6S. The highest BCUT2D eigenvalue weighted by molar-refractivity contribution is 7.99. The first-order valence-electron chi connectivity index (χ1n) is 9.26. The predicted molar refractivity (Wildman–Crippen MR) is 113 cm³/mol. The molecule has 1 saturated heterocycles. The van der Waals surface area contributed by atoms with E-state index in [1.54, 1.807) is 48.0 Å². The fourth-order valence-corrected chi connectivity index (χ4v) is 5.29. The lowest BCUT2D eigenvalue weighted by Gasteiger charge is -2.22. The van der Waals surface area contributed by atoms with Crippen LogP contribution >= 0.6 is 11.8 Å². The summed E-state index contributed by atoms with van der Waals surface area (Å²) < 4.78 is 21.3. The van der Waals surface area contributed by atoms with Crippen LogP contribution in [0.4, 0.5) is 5.69 Å². The average Bonchev–Trinajstić information content (AvgIpc) is 3.32. The van der Waals surface area contributed by atoms with Gasteiger partial charge in [-0.3, -0.25) is 9.59 Å². The molecule has 2 amide bonds. The van der Waals surface area contributed by atoms with Crippen molar-refractivity contribution in [3.63, 3.8) is 0 Å². The SMILES string of the molecule is COc1ccc(NC(=O)[C@@H]2CS[C@@H]3c4ccc(OC)c(OC)c4C(=O)N32)cc1OC. The van der Waals surface area contributed by atoms with Crippen molar-refractivity contribution in [3.05, 3.63) is 41.5 Å². The van der Waals surface area contributed by atoms with E-state index in [0.29, 0.717) is 40.0 Å². The maximum absolute atomic E-state index is 13.2. The molecule has 1 N–H and O–H groups in total. The summed E-state index contributed by atoms with van der Waals surface area (Å²) in [6.45, 7) is 0. The van der Waals surface area contributed by atoms with Crippen LogP contribution in [-0.2, 0) is 4.79 Å². The number of nitrogens with zero attached hydrogens (tertiary/aromatic N) is 1. The van der Waals surface area contributed by atoms with Crippen molar-refractivity contribution in [2.24, 2.45) is 0 Å². The third-order valence-electron chi connectivity index (χ3n) is 5.25. The van der Waals surface area contributed by atoms with Crippen molar-refractivity contribution in [1.82, 2.24) is 4.90 Å². The van der Waals surface area contributed by atoms with Gasteiger partial charge >= 0.3 is 0 Å². The quantitative estimate of drug-likeness (QED) is 0.754. The van der Waals surface area contributed by atoms with Crippen LogP contribution in [-0.4, -0.2) is 56.9 Å². The van der Waals surface area contributed by atoms with E-state index in [0.717, 1.165) is 5.56 Å². The first kappa shape index (κ1) is 20.2. The summed E-state index contributed by atoms with van der Waals surface area (Å²) >= 11 is 1.56. The fraction of sp³-hybridized carbons (Fsp3) is 0.333. The standard InChI is InChI=1S/C21H22N2O6S/c1-26-14-7-5-11(9-16(14)28-3)22-19(24)13-10-30-21-12-6-8-15(27-2)18(29-4)17(12)20(25)23(13)21/h5-9,13,21H,10H2,1-4H3,(H,22,24)/t13-,21+/m0/s1. The maximum atomic E-state index is 13.2. The number of carbonyl (C=O) groups excluding carboxylic acids is 2. The Labute approximate surface area is 178 Å². The molecule has 0 saturated carbocycles. The normalized spacial score (nSPS) is 19.2. The van der Waals surface area contributed by atoms with Crippen LogP contribution in [0.5, 0.6) is 23.0 Å². The Morgan fingerprint density at radius 3 is 2.37 bits per heavy atom. The van der Waals surface area contributed by atoms with Crippen molar-refractivity contribution < 1.29 is 28.5 Å². The topological polar surface area (TPSA) is 86.3 Å². The van der Waals surface area contributed by atoms with Crippen molar-refractivity contribution in [2.45, 2.75) is 11.4 Å². The minimum atomic E-state index is -0.608. The second-order valence-electron chi connectivity index (χ2n) is 6.74. The largest absolute Gasteiger partial charge is 0.493 e. The molecule has 30 heavy (non-hydrogen) atoms. The third-order valence-corrected chi connectivity index (χ3v) is 6.55. The van der Waals surface area contributed by atoms with Crippen molar-refractivity contribution in [2.75, 3.05) is 39.5 Å². The van der Waals surface area contributed by atoms with E-state index >= 15 is 0 Å². The molecule has 2 aliphatic heterocycles. The lowest BCUT2D eigenvalue weighted by Crippen LogP contribution is -2.42. The number of nitrogens with one attached hydrogen (secondary N) is 1. The second-order valence-corrected chi connectivity index (χ2v) is 7.85. The Kier molecular flexibility index (Phi) is 5.38. The molecule has 0 radical (unpaired) electrons. The van der Waals surface area contributed by atoms with Crippen LogP contribution in [0, 0.1) is 0 Å². The number of rotatable bonds is 6. The minimum absolute atomic E-state index is 0.228. The van der Waals surface area contributed by atoms with E-state index in [-0.39, 0.29) is 17.2 Å². The van der Waals surface area contributed by atoms with Crippen molar-refractivity contribution in [1.29, 1.82) is 0 Å². The summed E-state index contributed by atoms with van der Waals surface area (Å²) in [7, 11) is 6.11. The van der Waals surface area contributed by atoms with Gasteiger partial charge < -0.3 is 29.2 Å². The number of fused-ring (bicyclic) bond motifs is 3. The molecule has 4 rings (SSSR count). The fourth-order valence-electron chi connectivity index (χ4n) is 3.83. The first-order chi connectivity index (χ1) is 14.5. The molecule has 2 aliphatic rings. The molecule has 2 aromatic carbocycles. The van der Waals surface area contributed by atoms with Gasteiger partial charge in [0.25, 0.3) is 5.91 Å². The number of ether oxygens (including phenoxy) is 4. The molecule has 9 heteroatoms. The number of hydrogen-bond acceptors (Lipinski definition) is 7. The van der Waals surface area contributed by atoms with Crippen molar-refractivity contribution in [3.8, 4) is 23.0 Å². The van der Waals surface area contributed by atoms with Crippen LogP contribution in [0.25, 0.3) is 0 Å².